The number of rotatable bonds is 1. The van der Waals surface area contributed by atoms with Crippen LogP contribution in [0.4, 0.5) is 0 Å². The molecule has 0 spiro atoms. The normalized spacial score (nSPS) is 17.9. The van der Waals surface area contributed by atoms with E-state index in [0.29, 0.717) is 6.32 Å². The van der Waals surface area contributed by atoms with Gasteiger partial charge in [0.1, 0.15) is 7.28 Å². The van der Waals surface area contributed by atoms with Gasteiger partial charge in [0.2, 0.25) is 10.0 Å². The molecule has 10 heavy (non-hydrogen) atoms. The number of nitrogens with two attached hydrogens (primary N) is 1. The summed E-state index contributed by atoms with van der Waals surface area (Å²) in [7, 11) is -1.70. The van der Waals surface area contributed by atoms with E-state index in [4.69, 9.17) is 5.14 Å². The van der Waals surface area contributed by atoms with Crippen molar-refractivity contribution in [3.8, 4) is 0 Å². The first-order valence-corrected chi connectivity index (χ1v) is 4.37. The topological polar surface area (TPSA) is 60.2 Å². The Morgan fingerprint density at radius 3 is 2.60 bits per heavy atom. The summed E-state index contributed by atoms with van der Waals surface area (Å²) in [6.07, 6.45) is 3.58. The van der Waals surface area contributed by atoms with Crippen LogP contribution in [0.15, 0.2) is 23.0 Å². The summed E-state index contributed by atoms with van der Waals surface area (Å²) in [5.41, 5.74) is 0. The van der Waals surface area contributed by atoms with Crippen LogP contribution in [0.5, 0.6) is 0 Å². The van der Waals surface area contributed by atoms with Crippen LogP contribution in [0.3, 0.4) is 0 Å². The van der Waals surface area contributed by atoms with E-state index in [2.05, 4.69) is 0 Å². The summed E-state index contributed by atoms with van der Waals surface area (Å²) in [6, 6.07) is 0. The molecule has 0 saturated carbocycles. The number of hydrogen-bond acceptors (Lipinski definition) is 2. The lowest BCUT2D eigenvalue weighted by Crippen LogP contribution is -2.16. The van der Waals surface area contributed by atoms with Crippen LogP contribution in [0.1, 0.15) is 0 Å². The number of hydrogen-bond donors (Lipinski definition) is 1. The van der Waals surface area contributed by atoms with Gasteiger partial charge in [-0.2, -0.15) is 0 Å². The second kappa shape index (κ2) is 2.60. The molecule has 0 aromatic rings. The number of primary sulfonamides is 1. The highest BCUT2D eigenvalue weighted by Crippen LogP contribution is 2.10. The summed E-state index contributed by atoms with van der Waals surface area (Å²) in [4.78, 5) is 0.273. The molecule has 5 heteroatoms. The van der Waals surface area contributed by atoms with Gasteiger partial charge in [0.15, 0.2) is 0 Å². The standard InChI is InChI=1S/C5H7BNO2S/c7-10(8,9)5-2-1-3-6-4-5/h1-3H,4H2,(H2,7,8,9). The zero-order valence-electron chi connectivity index (χ0n) is 5.32. The van der Waals surface area contributed by atoms with Crippen molar-refractivity contribution in [3.63, 3.8) is 0 Å². The molecule has 0 bridgehead atoms. The Labute approximate surface area is 60.9 Å². The third kappa shape index (κ3) is 1.72. The maximum absolute atomic E-state index is 10.6. The molecule has 1 aliphatic rings. The van der Waals surface area contributed by atoms with E-state index in [0.717, 1.165) is 0 Å². The SMILES string of the molecule is NS(=O)(=O)C1=CC=C[B]C1. The molecule has 1 rings (SSSR count). The van der Waals surface area contributed by atoms with Crippen LogP contribution in [0.25, 0.3) is 0 Å². The van der Waals surface area contributed by atoms with Crippen molar-refractivity contribution in [1.29, 1.82) is 0 Å². The first-order valence-electron chi connectivity index (χ1n) is 2.82. The average Bonchev–Trinajstić information content (AvgIpc) is 1.88. The Hall–Kier alpha value is -0.545. The molecule has 0 amide bonds. The predicted octanol–water partition coefficient (Wildman–Crippen LogP) is -0.191. The summed E-state index contributed by atoms with van der Waals surface area (Å²) >= 11 is 0. The van der Waals surface area contributed by atoms with Gasteiger partial charge in [0.25, 0.3) is 0 Å². The van der Waals surface area contributed by atoms with Gasteiger partial charge in [-0.15, -0.1) is 5.98 Å². The van der Waals surface area contributed by atoms with Crippen molar-refractivity contribution in [2.45, 2.75) is 6.32 Å². The second-order valence-corrected chi connectivity index (χ2v) is 3.62. The lowest BCUT2D eigenvalue weighted by molar-refractivity contribution is 0.603. The molecule has 0 aromatic carbocycles. The van der Waals surface area contributed by atoms with Crippen molar-refractivity contribution < 1.29 is 8.42 Å². The minimum absolute atomic E-state index is 0.273. The molecule has 1 heterocycles. The lowest BCUT2D eigenvalue weighted by atomic mass is 9.72. The summed E-state index contributed by atoms with van der Waals surface area (Å²) < 4.78 is 21.3. The van der Waals surface area contributed by atoms with Gasteiger partial charge < -0.3 is 0 Å². The molecule has 3 nitrogen and oxygen atoms in total. The summed E-state index contributed by atoms with van der Waals surface area (Å²) in [5, 5.41) is 4.86. The van der Waals surface area contributed by atoms with Gasteiger partial charge in [-0.25, -0.2) is 13.6 Å². The Bertz CT molecular complexity index is 278. The fourth-order valence-corrected chi connectivity index (χ4v) is 1.30. The molecule has 1 radical (unpaired) electrons. The van der Waals surface area contributed by atoms with Gasteiger partial charge >= 0.3 is 0 Å². The van der Waals surface area contributed by atoms with Crippen LogP contribution < -0.4 is 5.14 Å². The van der Waals surface area contributed by atoms with Gasteiger partial charge in [0, 0.05) is 0 Å². The first kappa shape index (κ1) is 7.56. The van der Waals surface area contributed by atoms with Crippen molar-refractivity contribution in [3.05, 3.63) is 23.0 Å². The Balaban J connectivity index is 2.93. The molecule has 53 valence electrons. The molecule has 1 aliphatic heterocycles. The Morgan fingerprint density at radius 1 is 1.60 bits per heavy atom. The van der Waals surface area contributed by atoms with E-state index in [1.165, 1.54) is 6.08 Å². The minimum Gasteiger partial charge on any atom is -0.225 e. The highest BCUT2D eigenvalue weighted by atomic mass is 32.2. The Morgan fingerprint density at radius 2 is 2.30 bits per heavy atom. The van der Waals surface area contributed by atoms with Crippen LogP contribution >= 0.6 is 0 Å². The first-order chi connectivity index (χ1) is 4.61. The fourth-order valence-electron chi connectivity index (χ4n) is 0.705. The molecule has 0 aromatic heterocycles. The van der Waals surface area contributed by atoms with Crippen molar-refractivity contribution in [2.75, 3.05) is 0 Å². The van der Waals surface area contributed by atoms with Crippen LogP contribution in [0.2, 0.25) is 6.32 Å². The molecular weight excluding hydrogens is 149 g/mol. The van der Waals surface area contributed by atoms with E-state index in [9.17, 15) is 8.42 Å². The van der Waals surface area contributed by atoms with Crippen molar-refractivity contribution in [2.24, 2.45) is 5.14 Å². The highest BCUT2D eigenvalue weighted by molar-refractivity contribution is 7.93. The molecule has 0 unspecified atom stereocenters. The maximum atomic E-state index is 10.6. The van der Waals surface area contributed by atoms with Crippen molar-refractivity contribution in [1.82, 2.24) is 0 Å². The van der Waals surface area contributed by atoms with E-state index in [1.54, 1.807) is 19.3 Å². The maximum Gasteiger partial charge on any atom is 0.233 e. The van der Waals surface area contributed by atoms with Gasteiger partial charge in [-0.3, -0.25) is 0 Å². The van der Waals surface area contributed by atoms with Gasteiger partial charge in [0.05, 0.1) is 4.91 Å². The molecule has 0 saturated heterocycles. The fraction of sp³-hybridized carbons (Fsp3) is 0.200. The quantitative estimate of drug-likeness (QED) is 0.534. The summed E-state index contributed by atoms with van der Waals surface area (Å²) in [6.45, 7) is 0. The van der Waals surface area contributed by atoms with Crippen LogP contribution in [0, 0.1) is 0 Å². The largest absolute Gasteiger partial charge is 0.233 e. The number of sulfonamides is 1. The second-order valence-electron chi connectivity index (χ2n) is 2.00. The minimum atomic E-state index is -3.45. The van der Waals surface area contributed by atoms with Gasteiger partial charge in [-0.1, -0.05) is 6.08 Å². The summed E-state index contributed by atoms with van der Waals surface area (Å²) in [5.74, 6) is 1.79. The highest BCUT2D eigenvalue weighted by Gasteiger charge is 2.11. The van der Waals surface area contributed by atoms with Crippen LogP contribution in [-0.2, 0) is 10.0 Å². The molecular formula is C5H7BNO2S. The van der Waals surface area contributed by atoms with E-state index < -0.39 is 10.0 Å². The molecule has 0 aliphatic carbocycles. The molecule has 2 N–H and O–H groups in total. The van der Waals surface area contributed by atoms with Crippen LogP contribution in [-0.4, -0.2) is 15.7 Å². The van der Waals surface area contributed by atoms with Gasteiger partial charge in [-0.05, 0) is 12.4 Å². The lowest BCUT2D eigenvalue weighted by Gasteiger charge is -2.03. The third-order valence-electron chi connectivity index (χ3n) is 1.21. The Kier molecular flexibility index (Phi) is 1.96. The average molecular weight is 156 g/mol. The molecule has 0 atom stereocenters. The smallest absolute Gasteiger partial charge is 0.225 e. The van der Waals surface area contributed by atoms with E-state index in [-0.39, 0.29) is 4.91 Å². The third-order valence-corrected chi connectivity index (χ3v) is 2.25. The molecule has 0 fully saturated rings. The van der Waals surface area contributed by atoms with E-state index >= 15 is 0 Å². The monoisotopic (exact) mass is 156 g/mol. The zero-order chi connectivity index (χ0) is 7.61. The van der Waals surface area contributed by atoms with E-state index in [1.807, 2.05) is 0 Å². The zero-order valence-corrected chi connectivity index (χ0v) is 6.14. The number of allylic oxidation sites excluding steroid dienone is 3. The van der Waals surface area contributed by atoms with Crippen molar-refractivity contribution >= 4 is 17.3 Å². The predicted molar refractivity (Wildman–Crippen MR) is 40.9 cm³/mol.